The lowest BCUT2D eigenvalue weighted by Gasteiger charge is -2.07. The summed E-state index contributed by atoms with van der Waals surface area (Å²) in [6.45, 7) is 4.26. The van der Waals surface area contributed by atoms with Crippen molar-refractivity contribution in [2.75, 3.05) is 18.5 Å². The highest BCUT2D eigenvalue weighted by atomic mass is 16.5. The second kappa shape index (κ2) is 7.32. The Morgan fingerprint density at radius 1 is 1.33 bits per heavy atom. The molecular formula is C13H18N2O3. The van der Waals surface area contributed by atoms with Crippen molar-refractivity contribution in [3.63, 3.8) is 0 Å². The Bertz CT molecular complexity index is 418. The van der Waals surface area contributed by atoms with Crippen LogP contribution in [0.2, 0.25) is 0 Å². The number of carbonyl (C=O) groups excluding carboxylic acids is 2. The van der Waals surface area contributed by atoms with E-state index >= 15 is 0 Å². The molecule has 0 aliphatic heterocycles. The first-order valence-electron chi connectivity index (χ1n) is 5.89. The summed E-state index contributed by atoms with van der Waals surface area (Å²) in [6.07, 6.45) is -0.284. The number of carbonyl (C=O) groups is 2. The van der Waals surface area contributed by atoms with Gasteiger partial charge >= 0.3 is 6.09 Å². The van der Waals surface area contributed by atoms with Gasteiger partial charge in [-0.1, -0.05) is 12.1 Å². The second-order valence-corrected chi connectivity index (χ2v) is 3.81. The molecule has 0 unspecified atom stereocenters. The Kier molecular flexibility index (Phi) is 5.70. The van der Waals surface area contributed by atoms with Gasteiger partial charge < -0.3 is 15.4 Å². The van der Waals surface area contributed by atoms with E-state index in [4.69, 9.17) is 0 Å². The predicted molar refractivity (Wildman–Crippen MR) is 69.5 cm³/mol. The molecule has 0 aliphatic carbocycles. The Morgan fingerprint density at radius 3 is 2.78 bits per heavy atom. The molecule has 0 aromatic heterocycles. The maximum absolute atomic E-state index is 11.6. The smallest absolute Gasteiger partial charge is 0.407 e. The van der Waals surface area contributed by atoms with E-state index < -0.39 is 6.09 Å². The predicted octanol–water partition coefficient (Wildman–Crippen LogP) is 2.07. The number of anilines is 1. The number of nitrogens with one attached hydrogen (secondary N) is 2. The van der Waals surface area contributed by atoms with Gasteiger partial charge in [-0.05, 0) is 31.5 Å². The molecule has 2 amide bonds. The van der Waals surface area contributed by atoms with Crippen molar-refractivity contribution >= 4 is 17.7 Å². The van der Waals surface area contributed by atoms with Crippen LogP contribution in [0, 0.1) is 6.92 Å². The van der Waals surface area contributed by atoms with Crippen LogP contribution in [-0.4, -0.2) is 25.2 Å². The Hall–Kier alpha value is -2.04. The Balaban J connectivity index is 2.28. The number of hydrogen-bond donors (Lipinski definition) is 2. The van der Waals surface area contributed by atoms with Crippen LogP contribution in [0.15, 0.2) is 24.3 Å². The first kappa shape index (κ1) is 14.0. The Morgan fingerprint density at radius 2 is 2.11 bits per heavy atom. The maximum Gasteiger partial charge on any atom is 0.407 e. The number of aryl methyl sites for hydroxylation is 1. The van der Waals surface area contributed by atoms with Gasteiger partial charge in [0, 0.05) is 18.7 Å². The zero-order valence-corrected chi connectivity index (χ0v) is 10.7. The molecule has 1 aromatic carbocycles. The molecule has 5 nitrogen and oxygen atoms in total. The van der Waals surface area contributed by atoms with Gasteiger partial charge in [0.1, 0.15) is 0 Å². The number of hydrogen-bond acceptors (Lipinski definition) is 3. The van der Waals surface area contributed by atoms with Crippen molar-refractivity contribution in [2.24, 2.45) is 0 Å². The molecule has 0 spiro atoms. The number of amides is 2. The molecule has 0 aliphatic rings. The van der Waals surface area contributed by atoms with Crippen molar-refractivity contribution < 1.29 is 14.3 Å². The van der Waals surface area contributed by atoms with Crippen LogP contribution in [0.4, 0.5) is 10.5 Å². The van der Waals surface area contributed by atoms with Crippen LogP contribution in [0.5, 0.6) is 0 Å². The summed E-state index contributed by atoms with van der Waals surface area (Å²) in [6, 6.07) is 7.54. The number of ether oxygens (including phenoxy) is 1. The van der Waals surface area contributed by atoms with E-state index in [1.807, 2.05) is 31.2 Å². The van der Waals surface area contributed by atoms with E-state index in [9.17, 15) is 9.59 Å². The highest BCUT2D eigenvalue weighted by Crippen LogP contribution is 2.09. The van der Waals surface area contributed by atoms with Gasteiger partial charge in [-0.2, -0.15) is 0 Å². The molecule has 98 valence electrons. The van der Waals surface area contributed by atoms with E-state index in [0.29, 0.717) is 6.61 Å². The first-order chi connectivity index (χ1) is 8.61. The molecule has 0 bridgehead atoms. The van der Waals surface area contributed by atoms with E-state index in [1.165, 1.54) is 0 Å². The molecule has 0 radical (unpaired) electrons. The van der Waals surface area contributed by atoms with E-state index in [0.717, 1.165) is 11.3 Å². The fourth-order valence-electron chi connectivity index (χ4n) is 1.41. The van der Waals surface area contributed by atoms with E-state index in [1.54, 1.807) is 6.92 Å². The lowest BCUT2D eigenvalue weighted by Crippen LogP contribution is -2.28. The molecular weight excluding hydrogens is 232 g/mol. The first-order valence-corrected chi connectivity index (χ1v) is 5.89. The van der Waals surface area contributed by atoms with Crippen LogP contribution >= 0.6 is 0 Å². The molecule has 0 fully saturated rings. The molecule has 1 aromatic rings. The third kappa shape index (κ3) is 5.34. The average Bonchev–Trinajstić information content (AvgIpc) is 2.29. The molecule has 0 heterocycles. The second-order valence-electron chi connectivity index (χ2n) is 3.81. The van der Waals surface area contributed by atoms with Crippen molar-refractivity contribution in [3.05, 3.63) is 29.8 Å². The summed E-state index contributed by atoms with van der Waals surface area (Å²) in [5.41, 5.74) is 1.84. The lowest BCUT2D eigenvalue weighted by atomic mass is 10.2. The summed E-state index contributed by atoms with van der Waals surface area (Å²) >= 11 is 0. The third-order valence-corrected chi connectivity index (χ3v) is 2.20. The van der Waals surface area contributed by atoms with Crippen molar-refractivity contribution in [1.29, 1.82) is 0 Å². The van der Waals surface area contributed by atoms with Crippen molar-refractivity contribution in [3.8, 4) is 0 Å². The molecule has 0 atom stereocenters. The van der Waals surface area contributed by atoms with Crippen molar-refractivity contribution in [1.82, 2.24) is 5.32 Å². The summed E-state index contributed by atoms with van der Waals surface area (Å²) in [4.78, 5) is 22.5. The molecule has 0 saturated heterocycles. The van der Waals surface area contributed by atoms with Crippen LogP contribution in [0.3, 0.4) is 0 Å². The van der Waals surface area contributed by atoms with Gasteiger partial charge in [0.2, 0.25) is 5.91 Å². The molecule has 1 rings (SSSR count). The van der Waals surface area contributed by atoms with Gasteiger partial charge in [0.25, 0.3) is 0 Å². The van der Waals surface area contributed by atoms with Gasteiger partial charge in [-0.15, -0.1) is 0 Å². The van der Waals surface area contributed by atoms with Crippen LogP contribution in [0.1, 0.15) is 18.9 Å². The van der Waals surface area contributed by atoms with Crippen LogP contribution in [-0.2, 0) is 9.53 Å². The summed E-state index contributed by atoms with van der Waals surface area (Å²) in [5, 5.41) is 5.25. The molecule has 18 heavy (non-hydrogen) atoms. The lowest BCUT2D eigenvalue weighted by molar-refractivity contribution is -0.116. The SMILES string of the molecule is CCOC(=O)NCCC(=O)Nc1cccc(C)c1. The van der Waals surface area contributed by atoms with Crippen LogP contribution < -0.4 is 10.6 Å². The summed E-state index contributed by atoms with van der Waals surface area (Å²) in [7, 11) is 0. The minimum absolute atomic E-state index is 0.141. The van der Waals surface area contributed by atoms with Crippen molar-refractivity contribution in [2.45, 2.75) is 20.3 Å². The molecule has 2 N–H and O–H groups in total. The highest BCUT2D eigenvalue weighted by Gasteiger charge is 2.04. The quantitative estimate of drug-likeness (QED) is 0.840. The largest absolute Gasteiger partial charge is 0.450 e. The molecule has 0 saturated carbocycles. The van der Waals surface area contributed by atoms with Gasteiger partial charge in [0.15, 0.2) is 0 Å². The van der Waals surface area contributed by atoms with E-state index in [-0.39, 0.29) is 18.9 Å². The number of benzene rings is 1. The van der Waals surface area contributed by atoms with Gasteiger partial charge in [-0.3, -0.25) is 4.79 Å². The monoisotopic (exact) mass is 250 g/mol. The zero-order chi connectivity index (χ0) is 13.4. The van der Waals surface area contributed by atoms with Gasteiger partial charge in [0.05, 0.1) is 6.61 Å². The van der Waals surface area contributed by atoms with Crippen LogP contribution in [0.25, 0.3) is 0 Å². The minimum Gasteiger partial charge on any atom is -0.450 e. The normalized spacial score (nSPS) is 9.67. The minimum atomic E-state index is -0.499. The zero-order valence-electron chi connectivity index (χ0n) is 10.7. The number of rotatable bonds is 5. The summed E-state index contributed by atoms with van der Waals surface area (Å²) in [5.74, 6) is -0.141. The van der Waals surface area contributed by atoms with Gasteiger partial charge in [-0.25, -0.2) is 4.79 Å². The summed E-state index contributed by atoms with van der Waals surface area (Å²) < 4.78 is 4.68. The fourth-order valence-corrected chi connectivity index (χ4v) is 1.41. The number of alkyl carbamates (subject to hydrolysis) is 1. The average molecular weight is 250 g/mol. The maximum atomic E-state index is 11.6. The highest BCUT2D eigenvalue weighted by molar-refractivity contribution is 5.91. The standard InChI is InChI=1S/C13H18N2O3/c1-3-18-13(17)14-8-7-12(16)15-11-6-4-5-10(2)9-11/h4-6,9H,3,7-8H2,1-2H3,(H,14,17)(H,15,16). The Labute approximate surface area is 107 Å². The van der Waals surface area contributed by atoms with E-state index in [2.05, 4.69) is 15.4 Å². The topological polar surface area (TPSA) is 67.4 Å². The third-order valence-electron chi connectivity index (χ3n) is 2.20. The molecule has 5 heteroatoms. The fraction of sp³-hybridized carbons (Fsp3) is 0.385.